The van der Waals surface area contributed by atoms with Gasteiger partial charge >= 0.3 is 0 Å². The number of nitrogens with zero attached hydrogens (tertiary/aromatic N) is 6. The smallest absolute Gasteiger partial charge is 0.124 e. The quantitative estimate of drug-likeness (QED) is 0.102. The lowest BCUT2D eigenvalue weighted by atomic mass is 9.82. The molecule has 150 heavy (non-hydrogen) atoms. The summed E-state index contributed by atoms with van der Waals surface area (Å²) in [5, 5.41) is 20.4. The van der Waals surface area contributed by atoms with Gasteiger partial charge in [0.05, 0.1) is 41.7 Å². The summed E-state index contributed by atoms with van der Waals surface area (Å²) < 4.78 is 6.01. The summed E-state index contributed by atoms with van der Waals surface area (Å²) in [6, 6.07) is 185. The molecule has 708 valence electrons. The molecule has 0 N–H and O–H groups in total. The zero-order chi connectivity index (χ0) is 99.8. The lowest BCUT2D eigenvalue weighted by Gasteiger charge is -2.30. The highest BCUT2D eigenvalue weighted by Crippen LogP contribution is 2.56. The number of thiazole rings is 3. The Labute approximate surface area is 882 Å². The lowest BCUT2D eigenvalue weighted by molar-refractivity contribution is 0.660. The molecule has 30 rings (SSSR count). The molecule has 28 aromatic rings. The van der Waals surface area contributed by atoms with Crippen LogP contribution < -0.4 is 9.80 Å². The van der Waals surface area contributed by atoms with Gasteiger partial charge in [-0.2, -0.15) is 0 Å². The second-order valence-electron chi connectivity index (χ2n) is 40.4. The van der Waals surface area contributed by atoms with Crippen LogP contribution in [-0.4, -0.2) is 19.5 Å². The Hall–Kier alpha value is -18.1. The molecule has 4 heterocycles. The lowest BCUT2D eigenvalue weighted by Crippen LogP contribution is -2.18. The molecule has 24 aromatic carbocycles. The van der Waals surface area contributed by atoms with Crippen LogP contribution in [0.5, 0.6) is 0 Å². The van der Waals surface area contributed by atoms with Crippen LogP contribution in [0.1, 0.15) is 49.9 Å². The Morgan fingerprint density at radius 2 is 0.480 bits per heavy atom. The van der Waals surface area contributed by atoms with E-state index in [0.717, 1.165) is 76.8 Å². The third-order valence-electron chi connectivity index (χ3n) is 31.0. The van der Waals surface area contributed by atoms with E-state index in [1.54, 1.807) is 34.0 Å². The van der Waals surface area contributed by atoms with Crippen molar-refractivity contribution in [1.29, 1.82) is 0 Å². The fourth-order valence-electron chi connectivity index (χ4n) is 23.5. The van der Waals surface area contributed by atoms with Crippen molar-refractivity contribution in [2.75, 3.05) is 9.80 Å². The van der Waals surface area contributed by atoms with Gasteiger partial charge in [-0.3, -0.25) is 0 Å². The van der Waals surface area contributed by atoms with Crippen LogP contribution in [0.2, 0.25) is 0 Å². The van der Waals surface area contributed by atoms with Crippen LogP contribution >= 0.6 is 34.0 Å². The fourth-order valence-corrected chi connectivity index (χ4v) is 26.4. The Balaban J connectivity index is 0.000000109. The van der Waals surface area contributed by atoms with Crippen molar-refractivity contribution < 1.29 is 0 Å². The average Bonchev–Trinajstić information content (AvgIpc) is 1.60. The van der Waals surface area contributed by atoms with E-state index in [4.69, 9.17) is 15.0 Å². The van der Waals surface area contributed by atoms with Crippen molar-refractivity contribution in [2.24, 2.45) is 0 Å². The predicted octanol–water partition coefficient (Wildman–Crippen LogP) is 40.1. The molecular weight excluding hydrogens is 1870 g/mol. The van der Waals surface area contributed by atoms with Gasteiger partial charge < -0.3 is 14.4 Å². The van der Waals surface area contributed by atoms with E-state index < -0.39 is 0 Å². The van der Waals surface area contributed by atoms with Crippen LogP contribution in [0.4, 0.5) is 34.1 Å². The second-order valence-corrected chi connectivity index (χ2v) is 43.5. The molecule has 0 amide bonds. The van der Waals surface area contributed by atoms with Gasteiger partial charge in [-0.05, 0) is 271 Å². The van der Waals surface area contributed by atoms with E-state index in [2.05, 4.69) is 552 Å². The van der Waals surface area contributed by atoms with Crippen molar-refractivity contribution in [2.45, 2.75) is 38.5 Å². The molecule has 0 bridgehead atoms. The van der Waals surface area contributed by atoms with Crippen molar-refractivity contribution >= 4 is 185 Å². The van der Waals surface area contributed by atoms with Crippen LogP contribution in [0.15, 0.2) is 510 Å². The summed E-state index contributed by atoms with van der Waals surface area (Å²) in [5.41, 5.74) is 37.4. The molecule has 0 spiro atoms. The van der Waals surface area contributed by atoms with Crippen molar-refractivity contribution in [3.63, 3.8) is 0 Å². The van der Waals surface area contributed by atoms with E-state index in [9.17, 15) is 0 Å². The zero-order valence-electron chi connectivity index (χ0n) is 82.9. The molecule has 2 aliphatic carbocycles. The number of para-hydroxylation sites is 2. The second kappa shape index (κ2) is 36.5. The predicted molar refractivity (Wildman–Crippen MR) is 641 cm³/mol. The highest BCUT2D eigenvalue weighted by atomic mass is 32.1. The molecule has 0 unspecified atom stereocenters. The van der Waals surface area contributed by atoms with E-state index >= 15 is 0 Å². The van der Waals surface area contributed by atoms with Gasteiger partial charge in [-0.1, -0.05) is 404 Å². The van der Waals surface area contributed by atoms with E-state index in [-0.39, 0.29) is 10.8 Å². The number of aromatic nitrogens is 4. The molecule has 2 aliphatic rings. The summed E-state index contributed by atoms with van der Waals surface area (Å²) in [4.78, 5) is 20.4. The fraction of sp³-hybridized carbons (Fsp3) is 0.0426. The van der Waals surface area contributed by atoms with Crippen molar-refractivity contribution in [3.8, 4) is 104 Å². The van der Waals surface area contributed by atoms with Gasteiger partial charge in [0, 0.05) is 94.3 Å². The topological polar surface area (TPSA) is 50.1 Å². The van der Waals surface area contributed by atoms with E-state index in [1.807, 2.05) is 0 Å². The van der Waals surface area contributed by atoms with Crippen molar-refractivity contribution in [3.05, 3.63) is 532 Å². The Bertz CT molecular complexity index is 9990. The number of rotatable bonds is 14. The van der Waals surface area contributed by atoms with Gasteiger partial charge in [0.2, 0.25) is 0 Å². The first-order valence-corrected chi connectivity index (χ1v) is 53.8. The average molecular weight is 1970 g/mol. The van der Waals surface area contributed by atoms with E-state index in [0.29, 0.717) is 0 Å². The van der Waals surface area contributed by atoms with Gasteiger partial charge in [0.1, 0.15) is 15.0 Å². The summed E-state index contributed by atoms with van der Waals surface area (Å²) in [6.07, 6.45) is 0. The van der Waals surface area contributed by atoms with Gasteiger partial charge in [0.15, 0.2) is 0 Å². The van der Waals surface area contributed by atoms with Gasteiger partial charge in [-0.15, -0.1) is 34.0 Å². The monoisotopic (exact) mass is 1970 g/mol. The largest absolute Gasteiger partial charge is 0.311 e. The summed E-state index contributed by atoms with van der Waals surface area (Å²) in [5.74, 6) is 0. The van der Waals surface area contributed by atoms with Crippen molar-refractivity contribution in [1.82, 2.24) is 19.5 Å². The summed E-state index contributed by atoms with van der Waals surface area (Å²) in [6.45, 7) is 9.46. The molecule has 0 aliphatic heterocycles. The maximum absolute atomic E-state index is 5.25. The molecule has 0 atom stereocenters. The normalized spacial score (nSPS) is 12.6. The standard InChI is InChI=1S/C51H38N2S.C51H34N2S.C39H24N2S/c1-50(2)42-16-10-8-14-38(42)40-25-22-35(29-44(40)50)53(36-23-26-41-39-15-9-11-17-43(39)51(3,4)45(41)30-36)34-21-24-37-33(28-34)19-18-31-20-27-46-48(47(31)37)52-49(54-46)32-12-6-5-7-13-32;1-4-10-35(11-5-1)37-18-26-44(27-19-37)53(45-28-20-38(21-29-45)36-12-6-2-7-13-36)46-30-22-39(23-31-46)42-24-32-47-43(34-42)17-16-40-25-33-48-50(49(40)47)52-51(54-48)41-14-8-3-9-15-41;1-3-9-26(10-4-1)39-40-38-36(42-39)22-19-25-15-16-29-23-27(17-20-31(29)37(25)38)28-18-21-35-33(24-28)32-13-7-8-14-34(32)41(35)30-11-5-2-6-12-30/h5-30H,1-4H3;1-34H;1-24H. The van der Waals surface area contributed by atoms with Crippen LogP contribution in [0.25, 0.3) is 221 Å². The summed E-state index contributed by atoms with van der Waals surface area (Å²) in [7, 11) is 0. The third-order valence-corrected chi connectivity index (χ3v) is 34.2. The molecule has 0 fully saturated rings. The molecule has 0 radical (unpaired) electrons. The summed E-state index contributed by atoms with van der Waals surface area (Å²) >= 11 is 5.29. The van der Waals surface area contributed by atoms with Gasteiger partial charge in [0.25, 0.3) is 0 Å². The van der Waals surface area contributed by atoms with Crippen LogP contribution in [0, 0.1) is 0 Å². The third kappa shape index (κ3) is 15.5. The molecular formula is C141H96N6S3. The maximum Gasteiger partial charge on any atom is 0.124 e. The van der Waals surface area contributed by atoms with E-state index in [1.165, 1.54) is 201 Å². The first kappa shape index (κ1) is 89.5. The Morgan fingerprint density at radius 1 is 0.193 bits per heavy atom. The minimum Gasteiger partial charge on any atom is -0.311 e. The first-order valence-electron chi connectivity index (χ1n) is 51.4. The molecule has 4 aromatic heterocycles. The maximum atomic E-state index is 5.25. The molecule has 9 heteroatoms. The number of fused-ring (bicyclic) bond motifs is 24. The number of benzene rings is 24. The molecule has 0 saturated carbocycles. The highest BCUT2D eigenvalue weighted by molar-refractivity contribution is 7.22. The number of hydrogen-bond donors (Lipinski definition) is 0. The SMILES string of the molecule is CC1(C)c2ccccc2-c2ccc(N(c3ccc4c(c3)C(C)(C)c3ccccc3-4)c3ccc4c(ccc5ccc6sc(-c7ccccc7)nc6c54)c3)cc21.c1ccc(-c2ccc(N(c3ccc(-c4ccccc4)cc3)c3ccc(-c4ccc5c(ccc6ccc7sc(-c8ccccc8)nc7c65)c4)cc3)cc2)cc1.c1ccc(-c2nc3c(ccc4ccc5cc(-c6ccc7c(c6)c6ccccc6n7-c6ccccc6)ccc5c43)s2)cc1. The van der Waals surface area contributed by atoms with Crippen LogP contribution in [-0.2, 0) is 10.8 Å². The molecule has 0 saturated heterocycles. The Morgan fingerprint density at radius 3 is 0.913 bits per heavy atom. The number of anilines is 6. The molecule has 6 nitrogen and oxygen atoms in total. The van der Waals surface area contributed by atoms with Gasteiger partial charge in [-0.25, -0.2) is 15.0 Å². The minimum absolute atomic E-state index is 0.102. The number of hydrogen-bond acceptors (Lipinski definition) is 8. The minimum atomic E-state index is -0.102. The first-order chi connectivity index (χ1) is 73.8. The highest BCUT2D eigenvalue weighted by Gasteiger charge is 2.39. The van der Waals surface area contributed by atoms with Crippen LogP contribution in [0.3, 0.4) is 0 Å². The Kier molecular flexibility index (Phi) is 21.8. The zero-order valence-corrected chi connectivity index (χ0v) is 85.4.